The number of halogens is 2. The van der Waals surface area contributed by atoms with E-state index in [0.29, 0.717) is 12.3 Å². The van der Waals surface area contributed by atoms with E-state index in [2.05, 4.69) is 4.99 Å². The molecule has 2 aromatic rings. The molecule has 29 heavy (non-hydrogen) atoms. The number of thioether (sulfide) groups is 1. The van der Waals surface area contributed by atoms with Crippen LogP contribution in [0, 0.1) is 5.82 Å². The highest BCUT2D eigenvalue weighted by atomic mass is 35.5. The van der Waals surface area contributed by atoms with E-state index >= 15 is 0 Å². The molecule has 2 atom stereocenters. The zero-order chi connectivity index (χ0) is 20.4. The number of sulfone groups is 1. The number of anilines is 1. The third-order valence-electron chi connectivity index (χ3n) is 4.82. The Morgan fingerprint density at radius 3 is 2.76 bits per heavy atom. The largest absolute Gasteiger partial charge is 0.494 e. The minimum atomic E-state index is -3.13. The first kappa shape index (κ1) is 20.5. The van der Waals surface area contributed by atoms with Gasteiger partial charge in [-0.05, 0) is 36.8 Å². The fourth-order valence-electron chi connectivity index (χ4n) is 3.50. The van der Waals surface area contributed by atoms with Crippen molar-refractivity contribution >= 4 is 44.1 Å². The predicted octanol–water partition coefficient (Wildman–Crippen LogP) is 4.02. The summed E-state index contributed by atoms with van der Waals surface area (Å²) in [5, 5.41) is 0.754. The first-order valence-electron chi connectivity index (χ1n) is 9.26. The van der Waals surface area contributed by atoms with E-state index in [1.165, 1.54) is 12.1 Å². The van der Waals surface area contributed by atoms with Crippen molar-refractivity contribution in [3.8, 4) is 5.75 Å². The van der Waals surface area contributed by atoms with Crippen molar-refractivity contribution in [3.63, 3.8) is 0 Å². The van der Waals surface area contributed by atoms with Crippen LogP contribution in [0.2, 0.25) is 5.02 Å². The quantitative estimate of drug-likeness (QED) is 0.617. The molecule has 2 aliphatic rings. The van der Waals surface area contributed by atoms with E-state index in [1.807, 2.05) is 35.2 Å². The summed E-state index contributed by atoms with van der Waals surface area (Å²) in [7, 11) is -3.13. The van der Waals surface area contributed by atoms with Crippen molar-refractivity contribution in [2.75, 3.05) is 28.8 Å². The van der Waals surface area contributed by atoms with Gasteiger partial charge in [-0.3, -0.25) is 4.99 Å². The Morgan fingerprint density at radius 1 is 1.21 bits per heavy atom. The number of rotatable bonds is 6. The minimum Gasteiger partial charge on any atom is -0.494 e. The van der Waals surface area contributed by atoms with Crippen LogP contribution in [0.1, 0.15) is 6.42 Å². The summed E-state index contributed by atoms with van der Waals surface area (Å²) in [4.78, 5) is 6.55. The van der Waals surface area contributed by atoms with Gasteiger partial charge in [0.1, 0.15) is 11.6 Å². The molecule has 1 fully saturated rings. The molecule has 0 spiro atoms. The summed E-state index contributed by atoms with van der Waals surface area (Å²) in [5.41, 5.74) is 0.660. The monoisotopic (exact) mass is 454 g/mol. The maximum Gasteiger partial charge on any atom is 0.164 e. The zero-order valence-corrected chi connectivity index (χ0v) is 17.9. The molecule has 0 bridgehead atoms. The number of hydrogen-bond acceptors (Lipinski definition) is 6. The van der Waals surface area contributed by atoms with Crippen molar-refractivity contribution in [2.24, 2.45) is 4.99 Å². The number of para-hydroxylation sites is 1. The Hall–Kier alpha value is -1.77. The van der Waals surface area contributed by atoms with Crippen molar-refractivity contribution in [3.05, 3.63) is 59.4 Å². The number of fused-ring (bicyclic) bond motifs is 1. The summed E-state index contributed by atoms with van der Waals surface area (Å²) in [5.74, 6) is 1.18. The minimum absolute atomic E-state index is 0.00687. The lowest BCUT2D eigenvalue weighted by molar-refractivity contribution is 0.319. The highest BCUT2D eigenvalue weighted by Crippen LogP contribution is 2.36. The molecule has 0 saturated carbocycles. The Morgan fingerprint density at radius 2 is 2.00 bits per heavy atom. The van der Waals surface area contributed by atoms with Crippen LogP contribution in [-0.4, -0.2) is 49.5 Å². The second kappa shape index (κ2) is 8.53. The number of aliphatic imine (C=N–C) groups is 1. The van der Waals surface area contributed by atoms with E-state index in [1.54, 1.807) is 17.8 Å². The third kappa shape index (κ3) is 4.70. The van der Waals surface area contributed by atoms with Crippen LogP contribution in [0.3, 0.4) is 0 Å². The lowest BCUT2D eigenvalue weighted by Crippen LogP contribution is -2.39. The zero-order valence-electron chi connectivity index (χ0n) is 15.5. The lowest BCUT2D eigenvalue weighted by atomic mass is 10.1. The SMILES string of the molecule is O=S1(=O)C[C@@H]2[C@@H](C1)N=C(SCCCOc1ccccc1)N2c1ccc(F)c(Cl)c1. The van der Waals surface area contributed by atoms with Gasteiger partial charge in [0, 0.05) is 11.4 Å². The molecule has 0 unspecified atom stereocenters. The van der Waals surface area contributed by atoms with Crippen LogP contribution >= 0.6 is 23.4 Å². The fraction of sp³-hybridized carbons (Fsp3) is 0.350. The summed E-state index contributed by atoms with van der Waals surface area (Å²) in [6.45, 7) is 0.577. The van der Waals surface area contributed by atoms with Gasteiger partial charge < -0.3 is 9.64 Å². The Bertz CT molecular complexity index is 1020. The molecule has 0 radical (unpaired) electrons. The first-order valence-corrected chi connectivity index (χ1v) is 12.4. The van der Waals surface area contributed by atoms with Crippen molar-refractivity contribution < 1.29 is 17.5 Å². The maximum atomic E-state index is 13.6. The molecule has 0 aromatic heterocycles. The topological polar surface area (TPSA) is 59.0 Å². The molecule has 2 aliphatic heterocycles. The third-order valence-corrected chi connectivity index (χ3v) is 7.86. The summed E-state index contributed by atoms with van der Waals surface area (Å²) in [6, 6.07) is 13.5. The van der Waals surface area contributed by atoms with E-state index in [-0.39, 0.29) is 28.6 Å². The standard InChI is InChI=1S/C20H20ClFN2O3S2/c21-16-11-14(7-8-17(16)22)24-19-13-29(25,26)12-18(19)23-20(24)28-10-4-9-27-15-5-2-1-3-6-15/h1-3,5-8,11,18-19H,4,9-10,12-13H2/t18-,19-/m1/s1. The van der Waals surface area contributed by atoms with Gasteiger partial charge in [0.2, 0.25) is 0 Å². The summed E-state index contributed by atoms with van der Waals surface area (Å²) in [6.07, 6.45) is 0.810. The van der Waals surface area contributed by atoms with Crippen molar-refractivity contribution in [2.45, 2.75) is 18.5 Å². The fourth-order valence-corrected chi connectivity index (χ4v) is 6.55. The summed E-state index contributed by atoms with van der Waals surface area (Å²) >= 11 is 7.51. The molecule has 0 amide bonds. The van der Waals surface area contributed by atoms with Crippen LogP contribution in [0.25, 0.3) is 0 Å². The average Bonchev–Trinajstić information content (AvgIpc) is 3.15. The number of hydrogen-bond donors (Lipinski definition) is 0. The molecular weight excluding hydrogens is 435 g/mol. The van der Waals surface area contributed by atoms with Crippen LogP contribution < -0.4 is 9.64 Å². The molecule has 4 rings (SSSR count). The van der Waals surface area contributed by atoms with Gasteiger partial charge in [-0.2, -0.15) is 0 Å². The molecule has 0 N–H and O–H groups in total. The van der Waals surface area contributed by atoms with E-state index < -0.39 is 15.7 Å². The Balaban J connectivity index is 1.43. The molecule has 9 heteroatoms. The van der Waals surface area contributed by atoms with Crippen LogP contribution in [0.5, 0.6) is 5.75 Å². The Kier molecular flexibility index (Phi) is 6.03. The highest BCUT2D eigenvalue weighted by molar-refractivity contribution is 8.14. The van der Waals surface area contributed by atoms with Crippen molar-refractivity contribution in [1.82, 2.24) is 0 Å². The van der Waals surface area contributed by atoms with Gasteiger partial charge in [-0.1, -0.05) is 41.6 Å². The summed E-state index contributed by atoms with van der Waals surface area (Å²) < 4.78 is 43.5. The smallest absolute Gasteiger partial charge is 0.164 e. The second-order valence-corrected chi connectivity index (χ2v) is 10.6. The van der Waals surface area contributed by atoms with E-state index in [9.17, 15) is 12.8 Å². The average molecular weight is 455 g/mol. The molecule has 154 valence electrons. The van der Waals surface area contributed by atoms with Crippen LogP contribution in [0.15, 0.2) is 53.5 Å². The molecule has 2 heterocycles. The molecule has 5 nitrogen and oxygen atoms in total. The molecule has 1 saturated heterocycles. The van der Waals surface area contributed by atoms with Gasteiger partial charge in [0.15, 0.2) is 15.0 Å². The number of ether oxygens (including phenoxy) is 1. The van der Waals surface area contributed by atoms with Gasteiger partial charge >= 0.3 is 0 Å². The van der Waals surface area contributed by atoms with Crippen molar-refractivity contribution in [1.29, 1.82) is 0 Å². The van der Waals surface area contributed by atoms with Crippen LogP contribution in [-0.2, 0) is 9.84 Å². The highest BCUT2D eigenvalue weighted by Gasteiger charge is 2.47. The Labute approximate surface area is 178 Å². The van der Waals surface area contributed by atoms with Gasteiger partial charge in [-0.15, -0.1) is 0 Å². The van der Waals surface area contributed by atoms with Crippen LogP contribution in [0.4, 0.5) is 10.1 Å². The lowest BCUT2D eigenvalue weighted by Gasteiger charge is -2.26. The molecule has 2 aromatic carbocycles. The van der Waals surface area contributed by atoms with Gasteiger partial charge in [0.25, 0.3) is 0 Å². The number of amidine groups is 1. The number of nitrogens with zero attached hydrogens (tertiary/aromatic N) is 2. The van der Waals surface area contributed by atoms with E-state index in [4.69, 9.17) is 16.3 Å². The second-order valence-electron chi connectivity index (χ2n) is 6.96. The molecule has 0 aliphatic carbocycles. The number of benzene rings is 2. The van der Waals surface area contributed by atoms with Gasteiger partial charge in [-0.25, -0.2) is 12.8 Å². The predicted molar refractivity (Wildman–Crippen MR) is 117 cm³/mol. The first-order chi connectivity index (χ1) is 13.9. The normalized spacial score (nSPS) is 22.4. The van der Waals surface area contributed by atoms with E-state index in [0.717, 1.165) is 23.1 Å². The molecular formula is C20H20ClFN2O3S2. The van der Waals surface area contributed by atoms with Gasteiger partial charge in [0.05, 0.1) is 35.2 Å². The maximum absolute atomic E-state index is 13.6.